The van der Waals surface area contributed by atoms with Gasteiger partial charge in [-0.15, -0.1) is 0 Å². The lowest BCUT2D eigenvalue weighted by atomic mass is 10.2. The Morgan fingerprint density at radius 3 is 2.62 bits per heavy atom. The van der Waals surface area contributed by atoms with Crippen LogP contribution in [0.4, 0.5) is 0 Å². The minimum Gasteiger partial charge on any atom is -0.497 e. The van der Waals surface area contributed by atoms with Crippen molar-refractivity contribution >= 4 is 0 Å². The Labute approximate surface area is 141 Å². The Balaban J connectivity index is 1.61. The fourth-order valence-electron chi connectivity index (χ4n) is 2.29. The number of methoxy groups -OCH3 is 1. The van der Waals surface area contributed by atoms with Crippen molar-refractivity contribution in [3.8, 4) is 17.4 Å². The summed E-state index contributed by atoms with van der Waals surface area (Å²) in [6, 6.07) is 15.3. The Bertz CT molecular complexity index is 755. The van der Waals surface area contributed by atoms with Crippen LogP contribution >= 0.6 is 0 Å². The fourth-order valence-corrected chi connectivity index (χ4v) is 2.29. The van der Waals surface area contributed by atoms with Crippen molar-refractivity contribution in [3.05, 3.63) is 72.3 Å². The van der Waals surface area contributed by atoms with Crippen molar-refractivity contribution in [1.82, 2.24) is 10.3 Å². The highest BCUT2D eigenvalue weighted by Crippen LogP contribution is 2.23. The number of nitrogens with zero attached hydrogens (tertiary/aromatic N) is 1. The van der Waals surface area contributed by atoms with E-state index in [9.17, 15) is 0 Å². The van der Waals surface area contributed by atoms with E-state index in [4.69, 9.17) is 13.9 Å². The van der Waals surface area contributed by atoms with Gasteiger partial charge in [0.05, 0.1) is 19.4 Å². The van der Waals surface area contributed by atoms with E-state index in [1.54, 1.807) is 19.6 Å². The van der Waals surface area contributed by atoms with Crippen LogP contribution in [0, 0.1) is 0 Å². The molecule has 1 aromatic carbocycles. The van der Waals surface area contributed by atoms with Crippen LogP contribution in [0.2, 0.25) is 0 Å². The van der Waals surface area contributed by atoms with E-state index in [0.717, 1.165) is 22.8 Å². The van der Waals surface area contributed by atoms with Crippen LogP contribution in [0.5, 0.6) is 17.4 Å². The maximum atomic E-state index is 5.78. The van der Waals surface area contributed by atoms with Crippen molar-refractivity contribution in [1.29, 1.82) is 0 Å². The molecule has 0 amide bonds. The lowest BCUT2D eigenvalue weighted by Crippen LogP contribution is -2.17. The summed E-state index contributed by atoms with van der Waals surface area (Å²) < 4.78 is 16.3. The third kappa shape index (κ3) is 4.14. The molecular formula is C19H20N2O3. The first-order chi connectivity index (χ1) is 11.7. The van der Waals surface area contributed by atoms with Crippen molar-refractivity contribution in [2.75, 3.05) is 7.11 Å². The SMILES string of the molecule is COc1ccc(Oc2cc(CN[C@@H](C)c3ccco3)ccn2)cc1. The minimum atomic E-state index is 0.138. The lowest BCUT2D eigenvalue weighted by Gasteiger charge is -2.12. The van der Waals surface area contributed by atoms with Crippen molar-refractivity contribution in [2.45, 2.75) is 19.5 Å². The Morgan fingerprint density at radius 1 is 1.12 bits per heavy atom. The number of rotatable bonds is 7. The third-order valence-corrected chi connectivity index (χ3v) is 3.66. The molecule has 0 saturated carbocycles. The predicted molar refractivity (Wildman–Crippen MR) is 91.3 cm³/mol. The number of hydrogen-bond donors (Lipinski definition) is 1. The summed E-state index contributed by atoms with van der Waals surface area (Å²) in [5.74, 6) is 2.99. The molecule has 0 aliphatic rings. The zero-order chi connectivity index (χ0) is 16.8. The molecule has 1 atom stereocenters. The standard InChI is InChI=1S/C19H20N2O3/c1-14(18-4-3-11-23-18)21-13-15-9-10-20-19(12-15)24-17-7-5-16(22-2)6-8-17/h3-12,14,21H,13H2,1-2H3/t14-/m0/s1. The van der Waals surface area contributed by atoms with E-state index in [1.807, 2.05) is 48.5 Å². The number of hydrogen-bond acceptors (Lipinski definition) is 5. The molecule has 0 fully saturated rings. The monoisotopic (exact) mass is 324 g/mol. The molecule has 0 saturated heterocycles. The molecule has 1 N–H and O–H groups in total. The fraction of sp³-hybridized carbons (Fsp3) is 0.211. The van der Waals surface area contributed by atoms with E-state index in [-0.39, 0.29) is 6.04 Å². The van der Waals surface area contributed by atoms with Crippen LogP contribution in [-0.2, 0) is 6.54 Å². The second kappa shape index (κ2) is 7.66. The van der Waals surface area contributed by atoms with Crippen molar-refractivity contribution in [3.63, 3.8) is 0 Å². The second-order valence-electron chi connectivity index (χ2n) is 5.40. The molecule has 124 valence electrons. The lowest BCUT2D eigenvalue weighted by molar-refractivity contribution is 0.412. The van der Waals surface area contributed by atoms with Crippen molar-refractivity contribution in [2.24, 2.45) is 0 Å². The first kappa shape index (κ1) is 16.1. The second-order valence-corrected chi connectivity index (χ2v) is 5.40. The molecule has 0 spiro atoms. The first-order valence-corrected chi connectivity index (χ1v) is 7.78. The number of aromatic nitrogens is 1. The summed E-state index contributed by atoms with van der Waals surface area (Å²) in [6.07, 6.45) is 3.42. The molecule has 24 heavy (non-hydrogen) atoms. The van der Waals surface area contributed by atoms with E-state index in [1.165, 1.54) is 0 Å². The summed E-state index contributed by atoms with van der Waals surface area (Å²) in [4.78, 5) is 4.25. The van der Waals surface area contributed by atoms with E-state index < -0.39 is 0 Å². The average Bonchev–Trinajstić information content (AvgIpc) is 3.15. The van der Waals surface area contributed by atoms with Gasteiger partial charge in [-0.05, 0) is 55.0 Å². The average molecular weight is 324 g/mol. The molecule has 2 heterocycles. The molecule has 0 radical (unpaired) electrons. The largest absolute Gasteiger partial charge is 0.497 e. The van der Waals surface area contributed by atoms with Crippen molar-refractivity contribution < 1.29 is 13.9 Å². The molecule has 3 aromatic rings. The number of furan rings is 1. The Morgan fingerprint density at radius 2 is 1.92 bits per heavy atom. The van der Waals surface area contributed by atoms with Gasteiger partial charge >= 0.3 is 0 Å². The van der Waals surface area contributed by atoms with Crippen LogP contribution in [0.25, 0.3) is 0 Å². The van der Waals surface area contributed by atoms with Crippen LogP contribution in [-0.4, -0.2) is 12.1 Å². The molecule has 0 unspecified atom stereocenters. The minimum absolute atomic E-state index is 0.138. The number of nitrogens with one attached hydrogen (secondary N) is 1. The van der Waals surface area contributed by atoms with Crippen LogP contribution in [0.1, 0.15) is 24.3 Å². The summed E-state index contributed by atoms with van der Waals surface area (Å²) in [5, 5.41) is 3.41. The summed E-state index contributed by atoms with van der Waals surface area (Å²) in [5.41, 5.74) is 1.09. The van der Waals surface area contributed by atoms with Gasteiger partial charge in [0, 0.05) is 18.8 Å². The van der Waals surface area contributed by atoms with Gasteiger partial charge < -0.3 is 19.2 Å². The zero-order valence-corrected chi connectivity index (χ0v) is 13.7. The highest BCUT2D eigenvalue weighted by molar-refractivity contribution is 5.34. The summed E-state index contributed by atoms with van der Waals surface area (Å²) >= 11 is 0. The summed E-state index contributed by atoms with van der Waals surface area (Å²) in [6.45, 7) is 2.76. The van der Waals surface area contributed by atoms with Gasteiger partial charge in [-0.3, -0.25) is 0 Å². The summed E-state index contributed by atoms with van der Waals surface area (Å²) in [7, 11) is 1.64. The van der Waals surface area contributed by atoms with Gasteiger partial charge in [0.1, 0.15) is 17.3 Å². The number of ether oxygens (including phenoxy) is 2. The quantitative estimate of drug-likeness (QED) is 0.701. The molecule has 3 rings (SSSR count). The van der Waals surface area contributed by atoms with Crippen LogP contribution in [0.15, 0.2) is 65.4 Å². The highest BCUT2D eigenvalue weighted by atomic mass is 16.5. The maximum Gasteiger partial charge on any atom is 0.219 e. The molecule has 5 heteroatoms. The number of benzene rings is 1. The predicted octanol–water partition coefficient (Wildman–Crippen LogP) is 4.33. The van der Waals surface area contributed by atoms with Crippen LogP contribution in [0.3, 0.4) is 0 Å². The van der Waals surface area contributed by atoms with E-state index >= 15 is 0 Å². The maximum absolute atomic E-state index is 5.78. The zero-order valence-electron chi connectivity index (χ0n) is 13.7. The van der Waals surface area contributed by atoms with Gasteiger partial charge in [-0.1, -0.05) is 0 Å². The first-order valence-electron chi connectivity index (χ1n) is 7.78. The molecular weight excluding hydrogens is 304 g/mol. The van der Waals surface area contributed by atoms with E-state index in [0.29, 0.717) is 12.4 Å². The van der Waals surface area contributed by atoms with Gasteiger partial charge in [0.25, 0.3) is 0 Å². The van der Waals surface area contributed by atoms with Gasteiger partial charge in [0.2, 0.25) is 5.88 Å². The Hall–Kier alpha value is -2.79. The van der Waals surface area contributed by atoms with E-state index in [2.05, 4.69) is 17.2 Å². The number of pyridine rings is 1. The molecule has 0 bridgehead atoms. The smallest absolute Gasteiger partial charge is 0.219 e. The highest BCUT2D eigenvalue weighted by Gasteiger charge is 2.08. The molecule has 0 aliphatic heterocycles. The third-order valence-electron chi connectivity index (χ3n) is 3.66. The van der Waals surface area contributed by atoms with Gasteiger partial charge in [-0.2, -0.15) is 0 Å². The molecule has 0 aliphatic carbocycles. The van der Waals surface area contributed by atoms with Crippen LogP contribution < -0.4 is 14.8 Å². The Kier molecular flexibility index (Phi) is 5.13. The topological polar surface area (TPSA) is 56.5 Å². The molecule has 2 aromatic heterocycles. The van der Waals surface area contributed by atoms with Gasteiger partial charge in [-0.25, -0.2) is 4.98 Å². The molecule has 5 nitrogen and oxygen atoms in total. The normalized spacial score (nSPS) is 11.9. The van der Waals surface area contributed by atoms with Gasteiger partial charge in [0.15, 0.2) is 0 Å².